The first-order valence-corrected chi connectivity index (χ1v) is 10.3. The summed E-state index contributed by atoms with van der Waals surface area (Å²) < 4.78 is 6.79. The summed E-state index contributed by atoms with van der Waals surface area (Å²) in [5.74, 6) is 6.19. The lowest BCUT2D eigenvalue weighted by molar-refractivity contribution is -0.125. The second kappa shape index (κ2) is 8.77. The Morgan fingerprint density at radius 3 is 2.84 bits per heavy atom. The van der Waals surface area contributed by atoms with E-state index in [1.54, 1.807) is 6.92 Å². The number of nitrogens with one attached hydrogen (secondary N) is 1. The molecule has 0 aliphatic carbocycles. The minimum absolute atomic E-state index is 0.203. The summed E-state index contributed by atoms with van der Waals surface area (Å²) in [6, 6.07) is 9.84. The normalized spacial score (nSPS) is 14.1. The first-order valence-electron chi connectivity index (χ1n) is 7.93. The third kappa shape index (κ3) is 5.02. The Labute approximate surface area is 166 Å². The lowest BCUT2D eigenvalue weighted by atomic mass is 10.00. The molecule has 2 unspecified atom stereocenters. The van der Waals surface area contributed by atoms with Crippen LogP contribution in [0.4, 0.5) is 0 Å². The minimum atomic E-state index is -0.688. The molecule has 4 nitrogen and oxygen atoms in total. The topological polar surface area (TPSA) is 51.2 Å². The first-order chi connectivity index (χ1) is 11.9. The van der Waals surface area contributed by atoms with Gasteiger partial charge in [0.2, 0.25) is 11.3 Å². The zero-order chi connectivity index (χ0) is 18.4. The maximum atomic E-state index is 12.6. The van der Waals surface area contributed by atoms with Crippen LogP contribution in [0.25, 0.3) is 10.9 Å². The Hall–Kier alpha value is -1.46. The van der Waals surface area contributed by atoms with Crippen LogP contribution in [0.3, 0.4) is 0 Å². The van der Waals surface area contributed by atoms with Gasteiger partial charge in [0.15, 0.2) is 0 Å². The van der Waals surface area contributed by atoms with Crippen molar-refractivity contribution in [3.8, 4) is 17.7 Å². The molecule has 0 bridgehead atoms. The number of aromatic nitrogens is 1. The van der Waals surface area contributed by atoms with E-state index in [0.29, 0.717) is 12.3 Å². The Morgan fingerprint density at radius 2 is 2.20 bits per heavy atom. The zero-order valence-corrected chi connectivity index (χ0v) is 17.7. The fourth-order valence-corrected chi connectivity index (χ4v) is 3.32. The van der Waals surface area contributed by atoms with Crippen LogP contribution >= 0.6 is 34.4 Å². The average Bonchev–Trinajstić information content (AvgIpc) is 2.59. The first kappa shape index (κ1) is 19.9. The van der Waals surface area contributed by atoms with Crippen molar-refractivity contribution in [3.05, 3.63) is 33.9 Å². The van der Waals surface area contributed by atoms with E-state index < -0.39 is 11.0 Å². The number of para-hydroxylation sites is 1. The van der Waals surface area contributed by atoms with Crippen LogP contribution in [0, 0.1) is 15.4 Å². The van der Waals surface area contributed by atoms with Gasteiger partial charge in [-0.3, -0.25) is 4.79 Å². The van der Waals surface area contributed by atoms with Crippen molar-refractivity contribution in [1.29, 1.82) is 0 Å². The number of nitrogens with zero attached hydrogens (tertiary/aromatic N) is 1. The maximum Gasteiger partial charge on any atom is 0.272 e. The summed E-state index contributed by atoms with van der Waals surface area (Å²) in [7, 11) is 0. The van der Waals surface area contributed by atoms with E-state index in [-0.39, 0.29) is 5.91 Å². The summed E-state index contributed by atoms with van der Waals surface area (Å²) in [4.78, 5) is 17.2. The number of halogens is 1. The van der Waals surface area contributed by atoms with Crippen LogP contribution in [-0.4, -0.2) is 28.1 Å². The third-order valence-electron chi connectivity index (χ3n) is 3.80. The number of benzene rings is 1. The lowest BCUT2D eigenvalue weighted by Crippen LogP contribution is -2.49. The highest BCUT2D eigenvalue weighted by Crippen LogP contribution is 2.26. The molecule has 1 aromatic heterocycles. The van der Waals surface area contributed by atoms with Crippen LogP contribution in [0.1, 0.15) is 27.2 Å². The summed E-state index contributed by atoms with van der Waals surface area (Å²) >= 11 is 3.51. The van der Waals surface area contributed by atoms with Gasteiger partial charge in [0.25, 0.3) is 5.91 Å². The SMILES string of the molecule is CC#CC(C)(CC)NC(=O)C(Oc1nc2ccccc2cc1I)SC. The van der Waals surface area contributed by atoms with E-state index in [9.17, 15) is 4.79 Å². The molecule has 0 fully saturated rings. The molecule has 0 spiro atoms. The molecule has 2 rings (SSSR count). The van der Waals surface area contributed by atoms with Crippen molar-refractivity contribution in [1.82, 2.24) is 10.3 Å². The molecule has 25 heavy (non-hydrogen) atoms. The zero-order valence-electron chi connectivity index (χ0n) is 14.7. The van der Waals surface area contributed by atoms with Gasteiger partial charge in [0, 0.05) is 5.39 Å². The highest BCUT2D eigenvalue weighted by Gasteiger charge is 2.28. The molecular formula is C19H21IN2O2S. The highest BCUT2D eigenvalue weighted by atomic mass is 127. The molecule has 0 aliphatic heterocycles. The molecule has 132 valence electrons. The quantitative estimate of drug-likeness (QED) is 0.392. The van der Waals surface area contributed by atoms with Gasteiger partial charge in [-0.2, -0.15) is 0 Å². The number of amides is 1. The Morgan fingerprint density at radius 1 is 1.48 bits per heavy atom. The standard InChI is InChI=1S/C19H21IN2O2S/c1-5-11-19(3,6-2)22-16(23)18(25-4)24-17-14(20)12-13-9-7-8-10-15(13)21-17/h7-10,12,18H,6H2,1-4H3,(H,22,23). The maximum absolute atomic E-state index is 12.6. The number of hydrogen-bond donors (Lipinski definition) is 1. The van der Waals surface area contributed by atoms with Gasteiger partial charge in [-0.1, -0.05) is 31.0 Å². The molecular weight excluding hydrogens is 447 g/mol. The largest absolute Gasteiger partial charge is 0.452 e. The number of hydrogen-bond acceptors (Lipinski definition) is 4. The molecule has 2 atom stereocenters. The van der Waals surface area contributed by atoms with Gasteiger partial charge in [-0.15, -0.1) is 17.7 Å². The molecule has 0 aliphatic rings. The summed E-state index contributed by atoms with van der Waals surface area (Å²) in [6.07, 6.45) is 2.55. The molecule has 1 heterocycles. The third-order valence-corrected chi connectivity index (χ3v) is 5.31. The van der Waals surface area contributed by atoms with E-state index in [4.69, 9.17) is 4.74 Å². The number of fused-ring (bicyclic) bond motifs is 1. The number of ether oxygens (including phenoxy) is 1. The van der Waals surface area contributed by atoms with Crippen molar-refractivity contribution >= 4 is 51.2 Å². The number of thioether (sulfide) groups is 1. The van der Waals surface area contributed by atoms with Crippen molar-refractivity contribution in [3.63, 3.8) is 0 Å². The molecule has 1 N–H and O–H groups in total. The smallest absolute Gasteiger partial charge is 0.272 e. The number of rotatable bonds is 6. The van der Waals surface area contributed by atoms with Gasteiger partial charge < -0.3 is 10.1 Å². The number of carbonyl (C=O) groups excluding carboxylic acids is 1. The average molecular weight is 468 g/mol. The second-order valence-corrected chi connectivity index (χ2v) is 7.77. The van der Waals surface area contributed by atoms with E-state index in [1.807, 2.05) is 50.4 Å². The van der Waals surface area contributed by atoms with E-state index in [2.05, 4.69) is 44.7 Å². The predicted octanol–water partition coefficient (Wildman–Crippen LogP) is 4.22. The minimum Gasteiger partial charge on any atom is -0.452 e. The van der Waals surface area contributed by atoms with Crippen molar-refractivity contribution in [2.24, 2.45) is 0 Å². The summed E-state index contributed by atoms with van der Waals surface area (Å²) in [6.45, 7) is 5.67. The fraction of sp³-hybridized carbons (Fsp3) is 0.368. The Bertz CT molecular complexity index is 831. The van der Waals surface area contributed by atoms with E-state index >= 15 is 0 Å². The monoisotopic (exact) mass is 468 g/mol. The van der Waals surface area contributed by atoms with Crippen LogP contribution in [0.2, 0.25) is 0 Å². The highest BCUT2D eigenvalue weighted by molar-refractivity contribution is 14.1. The molecule has 6 heteroatoms. The lowest BCUT2D eigenvalue weighted by Gasteiger charge is -2.26. The van der Waals surface area contributed by atoms with Gasteiger partial charge in [0.05, 0.1) is 14.6 Å². The van der Waals surface area contributed by atoms with Crippen LogP contribution in [0.5, 0.6) is 5.88 Å². The van der Waals surface area contributed by atoms with Gasteiger partial charge in [-0.05, 0) is 61.2 Å². The van der Waals surface area contributed by atoms with Gasteiger partial charge in [-0.25, -0.2) is 4.98 Å². The van der Waals surface area contributed by atoms with E-state index in [1.165, 1.54) is 11.8 Å². The van der Waals surface area contributed by atoms with Crippen molar-refractivity contribution in [2.45, 2.75) is 38.2 Å². The van der Waals surface area contributed by atoms with Crippen molar-refractivity contribution < 1.29 is 9.53 Å². The van der Waals surface area contributed by atoms with Crippen LogP contribution in [-0.2, 0) is 4.79 Å². The number of pyridine rings is 1. The molecule has 1 aromatic carbocycles. The summed E-state index contributed by atoms with van der Waals surface area (Å²) in [5.41, 5.74) is -0.409. The van der Waals surface area contributed by atoms with Crippen LogP contribution < -0.4 is 10.1 Å². The Balaban J connectivity index is 2.22. The van der Waals surface area contributed by atoms with E-state index in [0.717, 1.165) is 14.5 Å². The summed E-state index contributed by atoms with van der Waals surface area (Å²) in [5, 5.41) is 4.03. The van der Waals surface area contributed by atoms with Crippen molar-refractivity contribution in [2.75, 3.05) is 6.26 Å². The molecule has 2 aromatic rings. The Kier molecular flexibility index (Phi) is 6.96. The van der Waals surface area contributed by atoms with Gasteiger partial charge in [0.1, 0.15) is 0 Å². The second-order valence-electron chi connectivity index (χ2n) is 5.70. The number of carbonyl (C=O) groups is 1. The molecule has 0 saturated heterocycles. The fourth-order valence-electron chi connectivity index (χ4n) is 2.28. The van der Waals surface area contributed by atoms with Crippen LogP contribution in [0.15, 0.2) is 30.3 Å². The molecule has 0 radical (unpaired) electrons. The predicted molar refractivity (Wildman–Crippen MR) is 113 cm³/mol. The van der Waals surface area contributed by atoms with Gasteiger partial charge >= 0.3 is 0 Å². The molecule has 1 amide bonds. The molecule has 0 saturated carbocycles.